The third-order valence-electron chi connectivity index (χ3n) is 3.69. The number of thiazole rings is 1. The van der Waals surface area contributed by atoms with Gasteiger partial charge in [0, 0.05) is 23.9 Å². The lowest BCUT2D eigenvalue weighted by atomic mass is 9.80. The van der Waals surface area contributed by atoms with Crippen molar-refractivity contribution in [2.75, 3.05) is 13.1 Å². The summed E-state index contributed by atoms with van der Waals surface area (Å²) >= 11 is 1.67. The Morgan fingerprint density at radius 2 is 2.12 bits per heavy atom. The number of hydrogen-bond acceptors (Lipinski definition) is 4. The molecule has 4 heteroatoms. The molecule has 0 aliphatic heterocycles. The molecule has 96 valence electrons. The number of nitrogens with two attached hydrogens (primary N) is 1. The van der Waals surface area contributed by atoms with Gasteiger partial charge in [-0.15, -0.1) is 11.3 Å². The van der Waals surface area contributed by atoms with Gasteiger partial charge in [-0.25, -0.2) is 4.98 Å². The van der Waals surface area contributed by atoms with Crippen LogP contribution >= 0.6 is 11.3 Å². The van der Waals surface area contributed by atoms with E-state index in [1.807, 2.05) is 5.51 Å². The minimum Gasteiger partial charge on any atom is -0.325 e. The number of hydrogen-bond donors (Lipinski definition) is 2. The van der Waals surface area contributed by atoms with Crippen LogP contribution in [-0.2, 0) is 6.42 Å². The van der Waals surface area contributed by atoms with E-state index in [-0.39, 0.29) is 5.54 Å². The van der Waals surface area contributed by atoms with E-state index in [0.29, 0.717) is 0 Å². The summed E-state index contributed by atoms with van der Waals surface area (Å²) in [5.41, 5.74) is 9.59. The summed E-state index contributed by atoms with van der Waals surface area (Å²) in [6, 6.07) is 0. The van der Waals surface area contributed by atoms with Crippen LogP contribution in [0.5, 0.6) is 0 Å². The van der Waals surface area contributed by atoms with Crippen molar-refractivity contribution in [3.05, 3.63) is 16.6 Å². The maximum Gasteiger partial charge on any atom is 0.0794 e. The monoisotopic (exact) mass is 253 g/mol. The minimum atomic E-state index is 0.117. The smallest absolute Gasteiger partial charge is 0.0794 e. The molecule has 1 aromatic heterocycles. The standard InChI is InChI=1S/C13H23N3S/c14-13(5-2-1-3-6-13)7-9-15-8-4-12-10-17-11-16-12/h10-11,15H,1-9,14H2. The predicted octanol–water partition coefficient (Wildman–Crippen LogP) is 2.33. The third-order valence-corrected chi connectivity index (χ3v) is 4.33. The molecule has 1 saturated carbocycles. The summed E-state index contributed by atoms with van der Waals surface area (Å²) in [7, 11) is 0. The zero-order valence-electron chi connectivity index (χ0n) is 10.5. The van der Waals surface area contributed by atoms with Gasteiger partial charge in [0.2, 0.25) is 0 Å². The van der Waals surface area contributed by atoms with Crippen LogP contribution < -0.4 is 11.1 Å². The third kappa shape index (κ3) is 4.37. The van der Waals surface area contributed by atoms with E-state index in [1.54, 1.807) is 11.3 Å². The largest absolute Gasteiger partial charge is 0.325 e. The fourth-order valence-corrected chi connectivity index (χ4v) is 3.14. The SMILES string of the molecule is NC1(CCNCCc2cscn2)CCCCC1. The molecule has 0 bridgehead atoms. The van der Waals surface area contributed by atoms with Gasteiger partial charge in [-0.3, -0.25) is 0 Å². The lowest BCUT2D eigenvalue weighted by molar-refractivity contribution is 0.275. The molecule has 0 radical (unpaired) electrons. The van der Waals surface area contributed by atoms with Crippen molar-refractivity contribution < 1.29 is 0 Å². The van der Waals surface area contributed by atoms with Gasteiger partial charge < -0.3 is 11.1 Å². The van der Waals surface area contributed by atoms with E-state index in [4.69, 9.17) is 5.73 Å². The molecular formula is C13H23N3S. The first-order valence-corrected chi connectivity index (χ1v) is 7.59. The van der Waals surface area contributed by atoms with Gasteiger partial charge in [-0.05, 0) is 25.8 Å². The first kappa shape index (κ1) is 13.0. The minimum absolute atomic E-state index is 0.117. The van der Waals surface area contributed by atoms with E-state index >= 15 is 0 Å². The molecule has 1 aliphatic carbocycles. The number of nitrogens with one attached hydrogen (secondary N) is 1. The van der Waals surface area contributed by atoms with E-state index in [1.165, 1.54) is 37.8 Å². The summed E-state index contributed by atoms with van der Waals surface area (Å²) < 4.78 is 0. The molecule has 1 aromatic rings. The van der Waals surface area contributed by atoms with Crippen molar-refractivity contribution in [2.45, 2.75) is 50.5 Å². The molecule has 17 heavy (non-hydrogen) atoms. The maximum absolute atomic E-state index is 6.39. The van der Waals surface area contributed by atoms with Gasteiger partial charge in [0.1, 0.15) is 0 Å². The van der Waals surface area contributed by atoms with Gasteiger partial charge in [-0.2, -0.15) is 0 Å². The number of nitrogens with zero attached hydrogens (tertiary/aromatic N) is 1. The molecule has 0 unspecified atom stereocenters. The van der Waals surface area contributed by atoms with Gasteiger partial charge in [0.05, 0.1) is 11.2 Å². The Kier molecular flexibility index (Phi) is 4.95. The zero-order chi connectivity index (χ0) is 12.0. The summed E-state index contributed by atoms with van der Waals surface area (Å²) in [5.74, 6) is 0. The molecule has 2 rings (SSSR count). The fraction of sp³-hybridized carbons (Fsp3) is 0.769. The van der Waals surface area contributed by atoms with Crippen LogP contribution in [0.25, 0.3) is 0 Å². The van der Waals surface area contributed by atoms with Crippen LogP contribution in [0.2, 0.25) is 0 Å². The zero-order valence-corrected chi connectivity index (χ0v) is 11.3. The highest BCUT2D eigenvalue weighted by atomic mass is 32.1. The van der Waals surface area contributed by atoms with Crippen molar-refractivity contribution in [3.8, 4) is 0 Å². The van der Waals surface area contributed by atoms with Gasteiger partial charge in [0.15, 0.2) is 0 Å². The first-order chi connectivity index (χ1) is 8.29. The van der Waals surface area contributed by atoms with Crippen LogP contribution in [0.4, 0.5) is 0 Å². The Morgan fingerprint density at radius 3 is 2.82 bits per heavy atom. The molecule has 1 heterocycles. The Bertz CT molecular complexity index is 304. The molecule has 1 fully saturated rings. The van der Waals surface area contributed by atoms with Crippen LogP contribution in [0, 0.1) is 0 Å². The van der Waals surface area contributed by atoms with Gasteiger partial charge >= 0.3 is 0 Å². The molecule has 3 N–H and O–H groups in total. The first-order valence-electron chi connectivity index (χ1n) is 6.65. The molecular weight excluding hydrogens is 230 g/mol. The van der Waals surface area contributed by atoms with E-state index in [2.05, 4.69) is 15.7 Å². The van der Waals surface area contributed by atoms with Crippen LogP contribution in [0.3, 0.4) is 0 Å². The second-order valence-electron chi connectivity index (χ2n) is 5.15. The van der Waals surface area contributed by atoms with Crippen molar-refractivity contribution in [3.63, 3.8) is 0 Å². The van der Waals surface area contributed by atoms with E-state index in [9.17, 15) is 0 Å². The molecule has 0 aromatic carbocycles. The Balaban J connectivity index is 1.56. The lowest BCUT2D eigenvalue weighted by Gasteiger charge is -2.33. The predicted molar refractivity (Wildman–Crippen MR) is 73.3 cm³/mol. The Labute approximate surface area is 108 Å². The Morgan fingerprint density at radius 1 is 1.29 bits per heavy atom. The highest BCUT2D eigenvalue weighted by molar-refractivity contribution is 7.07. The van der Waals surface area contributed by atoms with Gasteiger partial charge in [-0.1, -0.05) is 19.3 Å². The number of rotatable bonds is 6. The normalized spacial score (nSPS) is 19.4. The Hall–Kier alpha value is -0.450. The van der Waals surface area contributed by atoms with Gasteiger partial charge in [0.25, 0.3) is 0 Å². The molecule has 0 saturated heterocycles. The van der Waals surface area contributed by atoms with Crippen LogP contribution in [-0.4, -0.2) is 23.6 Å². The molecule has 0 spiro atoms. The average molecular weight is 253 g/mol. The maximum atomic E-state index is 6.39. The van der Waals surface area contributed by atoms with Crippen LogP contribution in [0.1, 0.15) is 44.2 Å². The van der Waals surface area contributed by atoms with Crippen molar-refractivity contribution in [1.29, 1.82) is 0 Å². The highest BCUT2D eigenvalue weighted by Crippen LogP contribution is 2.28. The van der Waals surface area contributed by atoms with Crippen molar-refractivity contribution in [2.24, 2.45) is 5.73 Å². The molecule has 3 nitrogen and oxygen atoms in total. The quantitative estimate of drug-likeness (QED) is 0.765. The number of aromatic nitrogens is 1. The highest BCUT2D eigenvalue weighted by Gasteiger charge is 2.26. The summed E-state index contributed by atoms with van der Waals surface area (Å²) in [4.78, 5) is 4.27. The van der Waals surface area contributed by atoms with E-state index < -0.39 is 0 Å². The summed E-state index contributed by atoms with van der Waals surface area (Å²) in [6.45, 7) is 2.06. The molecule has 1 aliphatic rings. The van der Waals surface area contributed by atoms with Crippen molar-refractivity contribution in [1.82, 2.24) is 10.3 Å². The summed E-state index contributed by atoms with van der Waals surface area (Å²) in [6.07, 6.45) is 8.56. The second kappa shape index (κ2) is 6.47. The lowest BCUT2D eigenvalue weighted by Crippen LogP contribution is -2.44. The van der Waals surface area contributed by atoms with Crippen molar-refractivity contribution >= 4 is 11.3 Å². The molecule has 0 atom stereocenters. The topological polar surface area (TPSA) is 50.9 Å². The van der Waals surface area contributed by atoms with E-state index in [0.717, 1.165) is 25.9 Å². The molecule has 0 amide bonds. The average Bonchev–Trinajstić information content (AvgIpc) is 2.82. The summed E-state index contributed by atoms with van der Waals surface area (Å²) in [5, 5.41) is 5.60. The fourth-order valence-electron chi connectivity index (χ4n) is 2.55. The second-order valence-corrected chi connectivity index (χ2v) is 5.87. The van der Waals surface area contributed by atoms with Crippen LogP contribution in [0.15, 0.2) is 10.9 Å².